The molecular weight excluding hydrogens is 426 g/mol. The largest absolute Gasteiger partial charge is 0.479 e. The van der Waals surface area contributed by atoms with Gasteiger partial charge in [0.15, 0.2) is 11.9 Å². The van der Waals surface area contributed by atoms with Crippen LogP contribution in [0.3, 0.4) is 0 Å². The topological polar surface area (TPSA) is 61.9 Å². The van der Waals surface area contributed by atoms with Crippen LogP contribution in [0.1, 0.15) is 28.4 Å². The predicted octanol–water partition coefficient (Wildman–Crippen LogP) is 4.15. The van der Waals surface area contributed by atoms with Crippen molar-refractivity contribution in [3.05, 3.63) is 89.5 Å². The maximum atomic E-state index is 12.5. The summed E-state index contributed by atoms with van der Waals surface area (Å²) in [5, 5.41) is 2.93. The molecule has 0 spiro atoms. The number of ether oxygens (including phenoxy) is 1. The first kappa shape index (κ1) is 22.2. The summed E-state index contributed by atoms with van der Waals surface area (Å²) < 4.78 is 5.65. The number of hydrogen-bond acceptors (Lipinski definition) is 5. The van der Waals surface area contributed by atoms with Crippen molar-refractivity contribution in [2.24, 2.45) is 0 Å². The Morgan fingerprint density at radius 1 is 0.941 bits per heavy atom. The number of nitrogens with zero attached hydrogens (tertiary/aromatic N) is 2. The van der Waals surface area contributed by atoms with Crippen molar-refractivity contribution in [3.63, 3.8) is 0 Å². The first-order valence-electron chi connectivity index (χ1n) is 11.8. The number of anilines is 2. The zero-order valence-corrected chi connectivity index (χ0v) is 19.4. The molecule has 6 heteroatoms. The lowest BCUT2D eigenvalue weighted by molar-refractivity contribution is -0.122. The normalized spacial score (nSPS) is 18.1. The van der Waals surface area contributed by atoms with Crippen LogP contribution in [0.5, 0.6) is 5.75 Å². The van der Waals surface area contributed by atoms with E-state index in [0.717, 1.165) is 60.9 Å². The molecule has 1 amide bonds. The monoisotopic (exact) mass is 455 g/mol. The van der Waals surface area contributed by atoms with Crippen molar-refractivity contribution in [1.29, 1.82) is 0 Å². The van der Waals surface area contributed by atoms with E-state index in [4.69, 9.17) is 4.74 Å². The SMILES string of the molecule is CC1Oc2ccc(CN3CCN(c4ccc(CC(=O)c5ccccc5)cc4)CC3)cc2NC1=O. The Hall–Kier alpha value is -3.64. The van der Waals surface area contributed by atoms with Gasteiger partial charge in [0.25, 0.3) is 5.91 Å². The highest BCUT2D eigenvalue weighted by molar-refractivity contribution is 5.98. The number of benzene rings is 3. The summed E-state index contributed by atoms with van der Waals surface area (Å²) in [5.74, 6) is 0.771. The van der Waals surface area contributed by atoms with E-state index in [1.165, 1.54) is 5.69 Å². The maximum absolute atomic E-state index is 12.5. The fourth-order valence-electron chi connectivity index (χ4n) is 4.51. The number of rotatable bonds is 6. The molecule has 2 aliphatic rings. The van der Waals surface area contributed by atoms with Crippen LogP contribution in [0.2, 0.25) is 0 Å². The number of fused-ring (bicyclic) bond motifs is 1. The first-order chi connectivity index (χ1) is 16.5. The summed E-state index contributed by atoms with van der Waals surface area (Å²) in [4.78, 5) is 29.2. The summed E-state index contributed by atoms with van der Waals surface area (Å²) in [6.45, 7) is 6.42. The van der Waals surface area contributed by atoms with Gasteiger partial charge in [0.2, 0.25) is 0 Å². The van der Waals surface area contributed by atoms with E-state index in [-0.39, 0.29) is 11.7 Å². The summed E-state index contributed by atoms with van der Waals surface area (Å²) in [6, 6.07) is 23.9. The number of carbonyl (C=O) groups is 2. The van der Waals surface area contributed by atoms with Crippen molar-refractivity contribution < 1.29 is 14.3 Å². The number of nitrogens with one attached hydrogen (secondary N) is 1. The number of ketones is 1. The van der Waals surface area contributed by atoms with Crippen molar-refractivity contribution in [1.82, 2.24) is 4.90 Å². The Balaban J connectivity index is 1.14. The quantitative estimate of drug-likeness (QED) is 0.566. The van der Waals surface area contributed by atoms with Crippen LogP contribution >= 0.6 is 0 Å². The lowest BCUT2D eigenvalue weighted by atomic mass is 10.0. The van der Waals surface area contributed by atoms with Gasteiger partial charge in [-0.25, -0.2) is 0 Å². The van der Waals surface area contributed by atoms with Crippen molar-refractivity contribution in [3.8, 4) is 5.75 Å². The molecule has 1 unspecified atom stereocenters. The number of amides is 1. The molecule has 1 N–H and O–H groups in total. The summed E-state index contributed by atoms with van der Waals surface area (Å²) in [7, 11) is 0. The second-order valence-electron chi connectivity index (χ2n) is 8.98. The fraction of sp³-hybridized carbons (Fsp3) is 0.286. The van der Waals surface area contributed by atoms with E-state index >= 15 is 0 Å². The summed E-state index contributed by atoms with van der Waals surface area (Å²) in [6.07, 6.45) is -0.0340. The summed E-state index contributed by atoms with van der Waals surface area (Å²) >= 11 is 0. The van der Waals surface area contributed by atoms with Crippen LogP contribution in [0.25, 0.3) is 0 Å². The molecule has 2 heterocycles. The van der Waals surface area contributed by atoms with Gasteiger partial charge in [-0.3, -0.25) is 14.5 Å². The minimum absolute atomic E-state index is 0.103. The highest BCUT2D eigenvalue weighted by Crippen LogP contribution is 2.31. The number of carbonyl (C=O) groups excluding carboxylic acids is 2. The molecule has 6 nitrogen and oxygen atoms in total. The molecule has 0 saturated carbocycles. The number of hydrogen-bond donors (Lipinski definition) is 1. The van der Waals surface area contributed by atoms with E-state index in [0.29, 0.717) is 6.42 Å². The van der Waals surface area contributed by atoms with Crippen LogP contribution in [-0.2, 0) is 17.8 Å². The van der Waals surface area contributed by atoms with Gasteiger partial charge in [0, 0.05) is 50.4 Å². The minimum Gasteiger partial charge on any atom is -0.479 e. The van der Waals surface area contributed by atoms with Gasteiger partial charge in [0.05, 0.1) is 5.69 Å². The molecule has 2 aliphatic heterocycles. The maximum Gasteiger partial charge on any atom is 0.265 e. The highest BCUT2D eigenvalue weighted by Gasteiger charge is 2.24. The van der Waals surface area contributed by atoms with Gasteiger partial charge < -0.3 is 15.0 Å². The third-order valence-corrected chi connectivity index (χ3v) is 6.52. The highest BCUT2D eigenvalue weighted by atomic mass is 16.5. The average molecular weight is 456 g/mol. The molecule has 5 rings (SSSR count). The molecule has 1 atom stereocenters. The first-order valence-corrected chi connectivity index (χ1v) is 11.8. The zero-order valence-electron chi connectivity index (χ0n) is 19.4. The second-order valence-corrected chi connectivity index (χ2v) is 8.98. The standard InChI is InChI=1S/C28H29N3O3/c1-20-28(33)29-25-17-22(9-12-27(25)34-20)19-30-13-15-31(16-14-30)24-10-7-21(8-11-24)18-26(32)23-5-3-2-4-6-23/h2-12,17,20H,13-16,18-19H2,1H3,(H,29,33). The van der Waals surface area contributed by atoms with Gasteiger partial charge in [-0.15, -0.1) is 0 Å². The van der Waals surface area contributed by atoms with Crippen LogP contribution in [0, 0.1) is 0 Å². The molecule has 174 valence electrons. The molecule has 3 aromatic rings. The van der Waals surface area contributed by atoms with Crippen LogP contribution < -0.4 is 15.0 Å². The lowest BCUT2D eigenvalue weighted by Gasteiger charge is -2.36. The Labute approximate surface area is 200 Å². The van der Waals surface area contributed by atoms with Crippen molar-refractivity contribution in [2.75, 3.05) is 36.4 Å². The van der Waals surface area contributed by atoms with Gasteiger partial charge in [-0.1, -0.05) is 48.5 Å². The van der Waals surface area contributed by atoms with Gasteiger partial charge in [-0.2, -0.15) is 0 Å². The van der Waals surface area contributed by atoms with E-state index in [1.807, 2.05) is 42.5 Å². The van der Waals surface area contributed by atoms with Gasteiger partial charge >= 0.3 is 0 Å². The van der Waals surface area contributed by atoms with E-state index in [2.05, 4.69) is 45.4 Å². The molecule has 0 aliphatic carbocycles. The predicted molar refractivity (Wildman–Crippen MR) is 134 cm³/mol. The molecular formula is C28H29N3O3. The Kier molecular flexibility index (Phi) is 6.32. The third kappa shape index (κ3) is 4.97. The van der Waals surface area contributed by atoms with E-state index < -0.39 is 6.10 Å². The third-order valence-electron chi connectivity index (χ3n) is 6.52. The molecule has 0 radical (unpaired) electrons. The zero-order chi connectivity index (χ0) is 23.5. The van der Waals surface area contributed by atoms with Crippen LogP contribution in [-0.4, -0.2) is 48.9 Å². The van der Waals surface area contributed by atoms with E-state index in [1.54, 1.807) is 6.92 Å². The Morgan fingerprint density at radius 3 is 2.38 bits per heavy atom. The molecule has 1 saturated heterocycles. The number of Topliss-reactive ketones (excluding diaryl/α,β-unsaturated/α-hetero) is 1. The number of piperazine rings is 1. The Morgan fingerprint density at radius 2 is 1.65 bits per heavy atom. The minimum atomic E-state index is -0.454. The average Bonchev–Trinajstić information content (AvgIpc) is 2.86. The van der Waals surface area contributed by atoms with Crippen LogP contribution in [0.15, 0.2) is 72.8 Å². The second kappa shape index (κ2) is 9.69. The smallest absolute Gasteiger partial charge is 0.265 e. The molecule has 3 aromatic carbocycles. The Bertz CT molecular complexity index is 1170. The summed E-state index contributed by atoms with van der Waals surface area (Å²) in [5.41, 5.74) is 4.90. The van der Waals surface area contributed by atoms with E-state index in [9.17, 15) is 9.59 Å². The molecule has 1 fully saturated rings. The lowest BCUT2D eigenvalue weighted by Crippen LogP contribution is -2.46. The van der Waals surface area contributed by atoms with Crippen molar-refractivity contribution in [2.45, 2.75) is 26.0 Å². The molecule has 0 aromatic heterocycles. The fourth-order valence-corrected chi connectivity index (χ4v) is 4.51. The van der Waals surface area contributed by atoms with Gasteiger partial charge in [-0.05, 0) is 42.3 Å². The molecule has 34 heavy (non-hydrogen) atoms. The van der Waals surface area contributed by atoms with Crippen LogP contribution in [0.4, 0.5) is 11.4 Å². The van der Waals surface area contributed by atoms with Crippen molar-refractivity contribution >= 4 is 23.1 Å². The molecule has 0 bridgehead atoms. The van der Waals surface area contributed by atoms with Gasteiger partial charge in [0.1, 0.15) is 5.75 Å².